The highest BCUT2D eigenvalue weighted by Crippen LogP contribution is 2.19. The van der Waals surface area contributed by atoms with E-state index < -0.39 is 29.2 Å². The minimum atomic E-state index is -1.15. The Morgan fingerprint density at radius 2 is 1.80 bits per heavy atom. The van der Waals surface area contributed by atoms with Gasteiger partial charge < -0.3 is 10.6 Å². The predicted octanol–water partition coefficient (Wildman–Crippen LogP) is 2.25. The number of carbonyl (C=O) groups excluding carboxylic acids is 1. The highest BCUT2D eigenvalue weighted by atomic mass is 19.1. The molecule has 2 amide bonds. The van der Waals surface area contributed by atoms with Crippen molar-refractivity contribution in [1.82, 2.24) is 5.32 Å². The summed E-state index contributed by atoms with van der Waals surface area (Å²) < 4.78 is 38.5. The molecule has 0 aliphatic carbocycles. The first kappa shape index (κ1) is 11.4. The monoisotopic (exact) mass is 218 g/mol. The van der Waals surface area contributed by atoms with Gasteiger partial charge in [-0.15, -0.1) is 0 Å². The van der Waals surface area contributed by atoms with Crippen molar-refractivity contribution in [3.63, 3.8) is 0 Å². The van der Waals surface area contributed by atoms with Gasteiger partial charge in [-0.1, -0.05) is 0 Å². The lowest BCUT2D eigenvalue weighted by Gasteiger charge is -2.07. The van der Waals surface area contributed by atoms with E-state index in [9.17, 15) is 18.0 Å². The summed E-state index contributed by atoms with van der Waals surface area (Å²) in [7, 11) is 0. The molecule has 2 N–H and O–H groups in total. The summed E-state index contributed by atoms with van der Waals surface area (Å²) in [5, 5.41) is 4.23. The second-order valence-electron chi connectivity index (χ2n) is 2.73. The van der Waals surface area contributed by atoms with Gasteiger partial charge in [-0.2, -0.15) is 0 Å². The van der Waals surface area contributed by atoms with E-state index in [0.29, 0.717) is 18.7 Å². The van der Waals surface area contributed by atoms with Crippen LogP contribution in [-0.4, -0.2) is 12.6 Å². The largest absolute Gasteiger partial charge is 0.338 e. The molecule has 1 rings (SSSR count). The van der Waals surface area contributed by atoms with Crippen molar-refractivity contribution in [1.29, 1.82) is 0 Å². The molecule has 0 atom stereocenters. The van der Waals surface area contributed by atoms with E-state index in [2.05, 4.69) is 5.32 Å². The van der Waals surface area contributed by atoms with Crippen LogP contribution < -0.4 is 10.6 Å². The number of rotatable bonds is 2. The molecule has 3 nitrogen and oxygen atoms in total. The molecule has 0 aromatic heterocycles. The lowest BCUT2D eigenvalue weighted by molar-refractivity contribution is 0.252. The second kappa shape index (κ2) is 4.68. The minimum Gasteiger partial charge on any atom is -0.338 e. The van der Waals surface area contributed by atoms with Gasteiger partial charge in [0, 0.05) is 18.7 Å². The Labute approximate surface area is 84.3 Å². The van der Waals surface area contributed by atoms with Crippen LogP contribution in [0, 0.1) is 17.5 Å². The molecule has 0 unspecified atom stereocenters. The van der Waals surface area contributed by atoms with Gasteiger partial charge in [-0.25, -0.2) is 18.0 Å². The molecular formula is C9H9F3N2O. The van der Waals surface area contributed by atoms with Crippen LogP contribution in [0.3, 0.4) is 0 Å². The molecule has 0 radical (unpaired) electrons. The van der Waals surface area contributed by atoms with E-state index in [1.807, 2.05) is 5.32 Å². The fourth-order valence-electron chi connectivity index (χ4n) is 0.980. The molecule has 0 saturated carbocycles. The van der Waals surface area contributed by atoms with Gasteiger partial charge in [0.2, 0.25) is 0 Å². The third-order valence-corrected chi connectivity index (χ3v) is 1.58. The van der Waals surface area contributed by atoms with Crippen molar-refractivity contribution in [2.24, 2.45) is 0 Å². The Morgan fingerprint density at radius 3 is 2.27 bits per heavy atom. The van der Waals surface area contributed by atoms with Crippen LogP contribution in [-0.2, 0) is 0 Å². The number of carbonyl (C=O) groups is 1. The van der Waals surface area contributed by atoms with E-state index in [4.69, 9.17) is 0 Å². The van der Waals surface area contributed by atoms with Gasteiger partial charge in [0.25, 0.3) is 0 Å². The van der Waals surface area contributed by atoms with Crippen molar-refractivity contribution in [2.75, 3.05) is 11.9 Å². The average Bonchev–Trinajstić information content (AvgIpc) is 2.11. The molecule has 0 fully saturated rings. The Morgan fingerprint density at radius 1 is 1.27 bits per heavy atom. The molecule has 0 bridgehead atoms. The molecule has 1 aromatic carbocycles. The molecular weight excluding hydrogens is 209 g/mol. The second-order valence-corrected chi connectivity index (χ2v) is 2.73. The Bertz CT molecular complexity index is 359. The molecule has 0 spiro atoms. The molecule has 15 heavy (non-hydrogen) atoms. The Balaban J connectivity index is 2.90. The Hall–Kier alpha value is -1.72. The van der Waals surface area contributed by atoms with Crippen molar-refractivity contribution in [2.45, 2.75) is 6.92 Å². The highest BCUT2D eigenvalue weighted by molar-refractivity contribution is 5.89. The van der Waals surface area contributed by atoms with Gasteiger partial charge in [-0.3, -0.25) is 0 Å². The van der Waals surface area contributed by atoms with Crippen molar-refractivity contribution < 1.29 is 18.0 Å². The van der Waals surface area contributed by atoms with Gasteiger partial charge in [0.1, 0.15) is 11.5 Å². The zero-order chi connectivity index (χ0) is 11.4. The molecule has 82 valence electrons. The Kier molecular flexibility index (Phi) is 3.54. The van der Waals surface area contributed by atoms with Crippen molar-refractivity contribution >= 4 is 11.7 Å². The number of halogens is 3. The first-order chi connectivity index (χ1) is 7.04. The molecule has 0 aliphatic heterocycles. The first-order valence-electron chi connectivity index (χ1n) is 4.24. The molecule has 1 aromatic rings. The number of benzene rings is 1. The maximum Gasteiger partial charge on any atom is 0.319 e. The number of amides is 2. The first-order valence-corrected chi connectivity index (χ1v) is 4.24. The third kappa shape index (κ3) is 2.87. The zero-order valence-corrected chi connectivity index (χ0v) is 7.90. The van der Waals surface area contributed by atoms with Crippen LogP contribution in [0.1, 0.15) is 6.92 Å². The maximum atomic E-state index is 13.0. The fourth-order valence-corrected chi connectivity index (χ4v) is 0.980. The van der Waals surface area contributed by atoms with Crippen LogP contribution in [0.2, 0.25) is 0 Å². The fraction of sp³-hybridized carbons (Fsp3) is 0.222. The smallest absolute Gasteiger partial charge is 0.319 e. The van der Waals surface area contributed by atoms with Crippen LogP contribution in [0.4, 0.5) is 23.7 Å². The molecule has 0 aliphatic rings. The summed E-state index contributed by atoms with van der Waals surface area (Å²) in [4.78, 5) is 11.0. The summed E-state index contributed by atoms with van der Waals surface area (Å²) in [5.41, 5.74) is -0.664. The molecule has 0 heterocycles. The quantitative estimate of drug-likeness (QED) is 0.785. The number of urea groups is 1. The summed E-state index contributed by atoms with van der Waals surface area (Å²) in [6.07, 6.45) is 0. The number of nitrogens with one attached hydrogen (secondary N) is 2. The van der Waals surface area contributed by atoms with Crippen LogP contribution in [0.25, 0.3) is 0 Å². The SMILES string of the molecule is CCNC(=O)Nc1c(F)cc(F)cc1F. The standard InChI is InChI=1S/C9H9F3N2O/c1-2-13-9(15)14-8-6(11)3-5(10)4-7(8)12/h3-4H,2H2,1H3,(H2,13,14,15). The molecule has 0 saturated heterocycles. The predicted molar refractivity (Wildman–Crippen MR) is 49.0 cm³/mol. The van der Waals surface area contributed by atoms with E-state index in [1.165, 1.54) is 0 Å². The highest BCUT2D eigenvalue weighted by Gasteiger charge is 2.13. The van der Waals surface area contributed by atoms with Crippen LogP contribution >= 0.6 is 0 Å². The van der Waals surface area contributed by atoms with E-state index in [1.54, 1.807) is 6.92 Å². The van der Waals surface area contributed by atoms with Gasteiger partial charge in [0.15, 0.2) is 11.6 Å². The van der Waals surface area contributed by atoms with Crippen LogP contribution in [0.15, 0.2) is 12.1 Å². The van der Waals surface area contributed by atoms with E-state index >= 15 is 0 Å². The topological polar surface area (TPSA) is 41.1 Å². The van der Waals surface area contributed by atoms with Gasteiger partial charge >= 0.3 is 6.03 Å². The van der Waals surface area contributed by atoms with Crippen LogP contribution in [0.5, 0.6) is 0 Å². The van der Waals surface area contributed by atoms with E-state index in [-0.39, 0.29) is 0 Å². The summed E-state index contributed by atoms with van der Waals surface area (Å²) in [6.45, 7) is 1.97. The normalized spacial score (nSPS) is 9.87. The third-order valence-electron chi connectivity index (χ3n) is 1.58. The minimum absolute atomic E-state index is 0.316. The van der Waals surface area contributed by atoms with E-state index in [0.717, 1.165) is 0 Å². The number of anilines is 1. The lowest BCUT2D eigenvalue weighted by Crippen LogP contribution is -2.29. The number of hydrogen-bond donors (Lipinski definition) is 2. The molecule has 6 heteroatoms. The van der Waals surface area contributed by atoms with Gasteiger partial charge in [-0.05, 0) is 6.92 Å². The lowest BCUT2D eigenvalue weighted by atomic mass is 10.3. The van der Waals surface area contributed by atoms with Gasteiger partial charge in [0.05, 0.1) is 0 Å². The number of hydrogen-bond acceptors (Lipinski definition) is 1. The zero-order valence-electron chi connectivity index (χ0n) is 7.90. The summed E-state index contributed by atoms with van der Waals surface area (Å²) in [5.74, 6) is -3.34. The maximum absolute atomic E-state index is 13.0. The summed E-state index contributed by atoms with van der Waals surface area (Å²) >= 11 is 0. The van der Waals surface area contributed by atoms with Crippen molar-refractivity contribution in [3.8, 4) is 0 Å². The average molecular weight is 218 g/mol. The van der Waals surface area contributed by atoms with Crippen molar-refractivity contribution in [3.05, 3.63) is 29.6 Å². The summed E-state index contributed by atoms with van der Waals surface area (Å²) in [6, 6.07) is 0.233.